The molecule has 0 aliphatic heterocycles. The largest absolute Gasteiger partial charge is 0.330 e. The lowest BCUT2D eigenvalue weighted by Gasteiger charge is -2.28. The minimum atomic E-state index is 0.165. The van der Waals surface area contributed by atoms with Crippen molar-refractivity contribution in [1.29, 1.82) is 0 Å². The van der Waals surface area contributed by atoms with Crippen LogP contribution < -0.4 is 11.5 Å². The first kappa shape index (κ1) is 13.9. The maximum absolute atomic E-state index is 6.06. The van der Waals surface area contributed by atoms with E-state index in [1.54, 1.807) is 0 Å². The number of hydrogen-bond donors (Lipinski definition) is 2. The zero-order valence-corrected chi connectivity index (χ0v) is 9.84. The molecule has 0 aromatic rings. The molecule has 0 heterocycles. The Morgan fingerprint density at radius 1 is 1.07 bits per heavy atom. The smallest absolute Gasteiger partial charge is 0.0583 e. The maximum atomic E-state index is 6.06. The quantitative estimate of drug-likeness (QED) is 0.556. The summed E-state index contributed by atoms with van der Waals surface area (Å²) < 4.78 is 0. The Morgan fingerprint density at radius 3 is 1.93 bits per heavy atom. The average molecular weight is 201 g/mol. The second-order valence-electron chi connectivity index (χ2n) is 3.89. The van der Waals surface area contributed by atoms with E-state index in [1.165, 1.54) is 25.7 Å². The third-order valence-corrected chi connectivity index (χ3v) is 2.53. The highest BCUT2D eigenvalue weighted by molar-refractivity contribution is 4.66. The van der Waals surface area contributed by atoms with Gasteiger partial charge in [0.2, 0.25) is 0 Å². The molecule has 0 aliphatic carbocycles. The molecule has 1 atom stereocenters. The van der Waals surface area contributed by atoms with E-state index in [2.05, 4.69) is 18.7 Å². The van der Waals surface area contributed by atoms with Crippen LogP contribution in [0.15, 0.2) is 0 Å². The second kappa shape index (κ2) is 9.44. The van der Waals surface area contributed by atoms with Crippen LogP contribution in [0.2, 0.25) is 0 Å². The van der Waals surface area contributed by atoms with Crippen molar-refractivity contribution in [3.63, 3.8) is 0 Å². The Bertz CT molecular complexity index is 109. The van der Waals surface area contributed by atoms with Crippen molar-refractivity contribution in [3.8, 4) is 0 Å². The minimum Gasteiger partial charge on any atom is -0.330 e. The predicted octanol–water partition coefficient (Wildman–Crippen LogP) is 1.52. The lowest BCUT2D eigenvalue weighted by molar-refractivity contribution is 0.186. The topological polar surface area (TPSA) is 55.3 Å². The van der Waals surface area contributed by atoms with E-state index in [-0.39, 0.29) is 6.17 Å². The highest BCUT2D eigenvalue weighted by atomic mass is 15.2. The van der Waals surface area contributed by atoms with Gasteiger partial charge in [0.15, 0.2) is 0 Å². The molecule has 0 aromatic heterocycles. The number of unbranched alkanes of at least 4 members (excludes halogenated alkanes) is 2. The van der Waals surface area contributed by atoms with Crippen molar-refractivity contribution in [1.82, 2.24) is 4.90 Å². The Hall–Kier alpha value is -0.120. The van der Waals surface area contributed by atoms with Crippen LogP contribution in [0.25, 0.3) is 0 Å². The molecule has 0 fully saturated rings. The zero-order valence-electron chi connectivity index (χ0n) is 9.84. The number of nitrogens with zero attached hydrogens (tertiary/aromatic N) is 1. The Balaban J connectivity index is 3.81. The Kier molecular flexibility index (Phi) is 9.35. The van der Waals surface area contributed by atoms with Crippen molar-refractivity contribution < 1.29 is 0 Å². The summed E-state index contributed by atoms with van der Waals surface area (Å²) >= 11 is 0. The molecule has 14 heavy (non-hydrogen) atoms. The number of rotatable bonds is 9. The predicted molar refractivity (Wildman–Crippen MR) is 63.0 cm³/mol. The van der Waals surface area contributed by atoms with Gasteiger partial charge in [-0.1, -0.05) is 26.7 Å². The third kappa shape index (κ3) is 6.35. The molecule has 3 heteroatoms. The van der Waals surface area contributed by atoms with E-state index in [9.17, 15) is 0 Å². The standard InChI is InChI=1S/C11H27N3/c1-3-5-9-14(10-6-4-2)11(13)7-8-12/h11H,3-10,12-13H2,1-2H3. The second-order valence-corrected chi connectivity index (χ2v) is 3.89. The van der Waals surface area contributed by atoms with Gasteiger partial charge in [0.05, 0.1) is 6.17 Å². The monoisotopic (exact) mass is 201 g/mol. The van der Waals surface area contributed by atoms with Gasteiger partial charge in [0.1, 0.15) is 0 Å². The highest BCUT2D eigenvalue weighted by Crippen LogP contribution is 2.03. The maximum Gasteiger partial charge on any atom is 0.0583 e. The zero-order chi connectivity index (χ0) is 10.8. The molecular weight excluding hydrogens is 174 g/mol. The number of hydrogen-bond acceptors (Lipinski definition) is 3. The van der Waals surface area contributed by atoms with Crippen molar-refractivity contribution in [2.45, 2.75) is 52.1 Å². The van der Waals surface area contributed by atoms with E-state index in [1.807, 2.05) is 0 Å². The van der Waals surface area contributed by atoms with Crippen LogP contribution in [0.1, 0.15) is 46.0 Å². The van der Waals surface area contributed by atoms with Crippen molar-refractivity contribution in [2.24, 2.45) is 11.5 Å². The first-order valence-corrected chi connectivity index (χ1v) is 5.95. The van der Waals surface area contributed by atoms with Gasteiger partial charge in [-0.25, -0.2) is 0 Å². The van der Waals surface area contributed by atoms with E-state index in [0.29, 0.717) is 6.54 Å². The van der Waals surface area contributed by atoms with Crippen LogP contribution in [0.3, 0.4) is 0 Å². The summed E-state index contributed by atoms with van der Waals surface area (Å²) in [7, 11) is 0. The molecule has 0 aliphatic rings. The van der Waals surface area contributed by atoms with E-state index >= 15 is 0 Å². The van der Waals surface area contributed by atoms with Gasteiger partial charge < -0.3 is 11.5 Å². The summed E-state index contributed by atoms with van der Waals surface area (Å²) in [6.45, 7) is 7.37. The van der Waals surface area contributed by atoms with Crippen molar-refractivity contribution >= 4 is 0 Å². The van der Waals surface area contributed by atoms with Gasteiger partial charge in [-0.05, 0) is 38.9 Å². The number of nitrogens with two attached hydrogens (primary N) is 2. The van der Waals surface area contributed by atoms with Crippen LogP contribution in [0.4, 0.5) is 0 Å². The molecule has 0 saturated carbocycles. The molecule has 0 rings (SSSR count). The fourth-order valence-electron chi connectivity index (χ4n) is 1.52. The highest BCUT2D eigenvalue weighted by Gasteiger charge is 2.11. The molecule has 0 amide bonds. The first-order valence-electron chi connectivity index (χ1n) is 5.95. The van der Waals surface area contributed by atoms with Crippen LogP contribution in [0, 0.1) is 0 Å². The van der Waals surface area contributed by atoms with E-state index < -0.39 is 0 Å². The van der Waals surface area contributed by atoms with Gasteiger partial charge in [0.25, 0.3) is 0 Å². The normalized spacial score (nSPS) is 13.5. The summed E-state index contributed by atoms with van der Waals surface area (Å²) in [5.41, 5.74) is 11.6. The fourth-order valence-corrected chi connectivity index (χ4v) is 1.52. The molecule has 86 valence electrons. The summed E-state index contributed by atoms with van der Waals surface area (Å²) in [5, 5.41) is 0. The van der Waals surface area contributed by atoms with Gasteiger partial charge in [-0.15, -0.1) is 0 Å². The van der Waals surface area contributed by atoms with Gasteiger partial charge in [-0.3, -0.25) is 4.90 Å². The lowest BCUT2D eigenvalue weighted by atomic mass is 10.2. The molecular formula is C11H27N3. The molecule has 0 bridgehead atoms. The van der Waals surface area contributed by atoms with Gasteiger partial charge in [-0.2, -0.15) is 0 Å². The Morgan fingerprint density at radius 2 is 1.57 bits per heavy atom. The SMILES string of the molecule is CCCCN(CCCC)C(N)CCN. The molecule has 4 N–H and O–H groups in total. The van der Waals surface area contributed by atoms with Crippen molar-refractivity contribution in [2.75, 3.05) is 19.6 Å². The van der Waals surface area contributed by atoms with Crippen LogP contribution in [-0.4, -0.2) is 30.7 Å². The van der Waals surface area contributed by atoms with Crippen LogP contribution >= 0.6 is 0 Å². The van der Waals surface area contributed by atoms with Gasteiger partial charge >= 0.3 is 0 Å². The molecule has 0 aromatic carbocycles. The Labute approximate surface area is 88.8 Å². The van der Waals surface area contributed by atoms with E-state index in [0.717, 1.165) is 19.5 Å². The summed E-state index contributed by atoms with van der Waals surface area (Å²) in [6, 6.07) is 0. The van der Waals surface area contributed by atoms with Crippen molar-refractivity contribution in [3.05, 3.63) is 0 Å². The summed E-state index contributed by atoms with van der Waals surface area (Å²) in [4.78, 5) is 2.37. The van der Waals surface area contributed by atoms with E-state index in [4.69, 9.17) is 11.5 Å². The minimum absolute atomic E-state index is 0.165. The fraction of sp³-hybridized carbons (Fsp3) is 1.00. The molecule has 0 saturated heterocycles. The van der Waals surface area contributed by atoms with Crippen LogP contribution in [0.5, 0.6) is 0 Å². The summed E-state index contributed by atoms with van der Waals surface area (Å²) in [6.07, 6.45) is 6.02. The molecule has 0 radical (unpaired) electrons. The van der Waals surface area contributed by atoms with Crippen LogP contribution in [-0.2, 0) is 0 Å². The molecule has 0 spiro atoms. The lowest BCUT2D eigenvalue weighted by Crippen LogP contribution is -2.44. The summed E-state index contributed by atoms with van der Waals surface area (Å²) in [5.74, 6) is 0. The first-order chi connectivity index (χ1) is 6.76. The average Bonchev–Trinajstić information content (AvgIpc) is 2.18. The molecule has 1 unspecified atom stereocenters. The third-order valence-electron chi connectivity index (χ3n) is 2.53. The molecule has 3 nitrogen and oxygen atoms in total. The van der Waals surface area contributed by atoms with Gasteiger partial charge in [0, 0.05) is 0 Å².